The van der Waals surface area contributed by atoms with E-state index in [1.54, 1.807) is 0 Å². The Morgan fingerprint density at radius 3 is 2.62 bits per heavy atom. The zero-order valence-corrected chi connectivity index (χ0v) is 9.99. The molecule has 16 heavy (non-hydrogen) atoms. The molecule has 0 aliphatic heterocycles. The number of nitrogens with one attached hydrogen (secondary N) is 1. The molecule has 1 aromatic rings. The molecule has 3 N–H and O–H groups in total. The number of rotatable bonds is 8. The van der Waals surface area contributed by atoms with Crippen LogP contribution in [0.4, 0.5) is 0 Å². The molecule has 0 saturated heterocycles. The van der Waals surface area contributed by atoms with Gasteiger partial charge in [0.2, 0.25) is 0 Å². The van der Waals surface area contributed by atoms with Gasteiger partial charge >= 0.3 is 0 Å². The average Bonchev–Trinajstić information content (AvgIpc) is 2.34. The highest BCUT2D eigenvalue weighted by Crippen LogP contribution is 2.02. The Morgan fingerprint density at radius 1 is 1.25 bits per heavy atom. The standard InChI is InChI=1S/C13H22N2O/c1-15-13(7-9-14)8-10-16-11-12-5-3-2-4-6-12/h2-6,13,15H,7-11,14H2,1H3. The minimum atomic E-state index is 0.473. The van der Waals surface area contributed by atoms with Crippen LogP contribution < -0.4 is 11.1 Å². The summed E-state index contributed by atoms with van der Waals surface area (Å²) in [5.41, 5.74) is 6.74. The topological polar surface area (TPSA) is 47.3 Å². The number of benzene rings is 1. The lowest BCUT2D eigenvalue weighted by Crippen LogP contribution is -2.29. The summed E-state index contributed by atoms with van der Waals surface area (Å²) >= 11 is 0. The van der Waals surface area contributed by atoms with E-state index in [2.05, 4.69) is 17.4 Å². The van der Waals surface area contributed by atoms with Crippen LogP contribution in [0.2, 0.25) is 0 Å². The zero-order chi connectivity index (χ0) is 11.6. The summed E-state index contributed by atoms with van der Waals surface area (Å²) in [5, 5.41) is 3.24. The first-order valence-electron chi connectivity index (χ1n) is 5.86. The first kappa shape index (κ1) is 13.2. The maximum Gasteiger partial charge on any atom is 0.0716 e. The molecule has 0 bridgehead atoms. The van der Waals surface area contributed by atoms with Gasteiger partial charge in [-0.05, 0) is 32.0 Å². The molecular weight excluding hydrogens is 200 g/mol. The second-order valence-electron chi connectivity index (χ2n) is 3.89. The Bertz CT molecular complexity index is 264. The second-order valence-corrected chi connectivity index (χ2v) is 3.89. The summed E-state index contributed by atoms with van der Waals surface area (Å²) < 4.78 is 5.62. The molecule has 3 nitrogen and oxygen atoms in total. The van der Waals surface area contributed by atoms with Crippen LogP contribution in [0.5, 0.6) is 0 Å². The van der Waals surface area contributed by atoms with E-state index >= 15 is 0 Å². The fraction of sp³-hybridized carbons (Fsp3) is 0.538. The maximum atomic E-state index is 5.62. The van der Waals surface area contributed by atoms with Crippen LogP contribution in [0.15, 0.2) is 30.3 Å². The second kappa shape index (κ2) is 8.28. The molecule has 90 valence electrons. The fourth-order valence-electron chi connectivity index (χ4n) is 1.62. The van der Waals surface area contributed by atoms with Crippen molar-refractivity contribution in [2.45, 2.75) is 25.5 Å². The predicted molar refractivity (Wildman–Crippen MR) is 67.2 cm³/mol. The van der Waals surface area contributed by atoms with Gasteiger partial charge in [0, 0.05) is 12.6 Å². The molecule has 1 rings (SSSR count). The Hall–Kier alpha value is -0.900. The van der Waals surface area contributed by atoms with Gasteiger partial charge < -0.3 is 15.8 Å². The van der Waals surface area contributed by atoms with Crippen LogP contribution in [0, 0.1) is 0 Å². The third-order valence-corrected chi connectivity index (χ3v) is 2.65. The summed E-state index contributed by atoms with van der Waals surface area (Å²) in [6, 6.07) is 10.7. The maximum absolute atomic E-state index is 5.62. The molecule has 0 heterocycles. The molecule has 0 aliphatic carbocycles. The molecule has 0 fully saturated rings. The highest BCUT2D eigenvalue weighted by Gasteiger charge is 2.03. The lowest BCUT2D eigenvalue weighted by atomic mass is 10.1. The molecule has 3 heteroatoms. The van der Waals surface area contributed by atoms with Crippen molar-refractivity contribution in [3.05, 3.63) is 35.9 Å². The van der Waals surface area contributed by atoms with Crippen LogP contribution >= 0.6 is 0 Å². The van der Waals surface area contributed by atoms with E-state index in [1.807, 2.05) is 25.2 Å². The average molecular weight is 222 g/mol. The number of ether oxygens (including phenoxy) is 1. The van der Waals surface area contributed by atoms with Gasteiger partial charge in [0.15, 0.2) is 0 Å². The van der Waals surface area contributed by atoms with Crippen molar-refractivity contribution in [2.75, 3.05) is 20.2 Å². The van der Waals surface area contributed by atoms with Crippen molar-refractivity contribution in [2.24, 2.45) is 5.73 Å². The van der Waals surface area contributed by atoms with Crippen molar-refractivity contribution in [3.8, 4) is 0 Å². The minimum Gasteiger partial charge on any atom is -0.377 e. The van der Waals surface area contributed by atoms with Gasteiger partial charge in [0.1, 0.15) is 0 Å². The quantitative estimate of drug-likeness (QED) is 0.656. The van der Waals surface area contributed by atoms with Crippen LogP contribution in [0.25, 0.3) is 0 Å². The summed E-state index contributed by atoms with van der Waals surface area (Å²) in [6.45, 7) is 2.20. The molecule has 1 atom stereocenters. The summed E-state index contributed by atoms with van der Waals surface area (Å²) in [5.74, 6) is 0. The lowest BCUT2D eigenvalue weighted by molar-refractivity contribution is 0.111. The van der Waals surface area contributed by atoms with Crippen molar-refractivity contribution in [1.82, 2.24) is 5.32 Å². The summed E-state index contributed by atoms with van der Waals surface area (Å²) in [4.78, 5) is 0. The largest absolute Gasteiger partial charge is 0.377 e. The SMILES string of the molecule is CNC(CCN)CCOCc1ccccc1. The predicted octanol–water partition coefficient (Wildman–Crippen LogP) is 1.53. The van der Waals surface area contributed by atoms with E-state index < -0.39 is 0 Å². The van der Waals surface area contributed by atoms with Crippen molar-refractivity contribution < 1.29 is 4.74 Å². The van der Waals surface area contributed by atoms with E-state index in [-0.39, 0.29) is 0 Å². The number of nitrogens with two attached hydrogens (primary N) is 1. The van der Waals surface area contributed by atoms with Gasteiger partial charge in [-0.2, -0.15) is 0 Å². The number of hydrogen-bond donors (Lipinski definition) is 2. The minimum absolute atomic E-state index is 0.473. The molecule has 0 aromatic heterocycles. The van der Waals surface area contributed by atoms with E-state index in [0.29, 0.717) is 12.6 Å². The molecule has 0 amide bonds. The van der Waals surface area contributed by atoms with Crippen molar-refractivity contribution >= 4 is 0 Å². The summed E-state index contributed by atoms with van der Waals surface area (Å²) in [6.07, 6.45) is 2.02. The van der Waals surface area contributed by atoms with E-state index in [0.717, 1.165) is 26.0 Å². The Labute approximate surface area is 98.0 Å². The van der Waals surface area contributed by atoms with E-state index in [4.69, 9.17) is 10.5 Å². The first-order chi connectivity index (χ1) is 7.86. The molecule has 1 aromatic carbocycles. The van der Waals surface area contributed by atoms with Crippen molar-refractivity contribution in [3.63, 3.8) is 0 Å². The van der Waals surface area contributed by atoms with Crippen LogP contribution in [0.1, 0.15) is 18.4 Å². The Balaban J connectivity index is 2.11. The third kappa shape index (κ3) is 5.26. The molecule has 1 unspecified atom stereocenters. The first-order valence-corrected chi connectivity index (χ1v) is 5.86. The molecule has 0 spiro atoms. The van der Waals surface area contributed by atoms with Gasteiger partial charge in [0.05, 0.1) is 6.61 Å². The third-order valence-electron chi connectivity index (χ3n) is 2.65. The zero-order valence-electron chi connectivity index (χ0n) is 9.99. The highest BCUT2D eigenvalue weighted by atomic mass is 16.5. The van der Waals surface area contributed by atoms with E-state index in [9.17, 15) is 0 Å². The molecule has 0 radical (unpaired) electrons. The lowest BCUT2D eigenvalue weighted by Gasteiger charge is -2.14. The van der Waals surface area contributed by atoms with Gasteiger partial charge in [-0.15, -0.1) is 0 Å². The smallest absolute Gasteiger partial charge is 0.0716 e. The fourth-order valence-corrected chi connectivity index (χ4v) is 1.62. The Kier molecular flexibility index (Phi) is 6.81. The van der Waals surface area contributed by atoms with Gasteiger partial charge in [0.25, 0.3) is 0 Å². The molecule has 0 aliphatic rings. The number of hydrogen-bond acceptors (Lipinski definition) is 3. The van der Waals surface area contributed by atoms with Gasteiger partial charge in [-0.25, -0.2) is 0 Å². The Morgan fingerprint density at radius 2 is 2.00 bits per heavy atom. The molecule has 0 saturated carbocycles. The monoisotopic (exact) mass is 222 g/mol. The van der Waals surface area contributed by atoms with Gasteiger partial charge in [-0.1, -0.05) is 30.3 Å². The summed E-state index contributed by atoms with van der Waals surface area (Å²) in [7, 11) is 1.97. The van der Waals surface area contributed by atoms with Crippen LogP contribution in [-0.4, -0.2) is 26.2 Å². The highest BCUT2D eigenvalue weighted by molar-refractivity contribution is 5.13. The molecular formula is C13H22N2O. The van der Waals surface area contributed by atoms with Crippen LogP contribution in [0.3, 0.4) is 0 Å². The van der Waals surface area contributed by atoms with E-state index in [1.165, 1.54) is 5.56 Å². The van der Waals surface area contributed by atoms with Crippen LogP contribution in [-0.2, 0) is 11.3 Å². The normalized spacial score (nSPS) is 12.6. The van der Waals surface area contributed by atoms with Crippen molar-refractivity contribution in [1.29, 1.82) is 0 Å². The van der Waals surface area contributed by atoms with Gasteiger partial charge in [-0.3, -0.25) is 0 Å².